The van der Waals surface area contributed by atoms with E-state index in [4.69, 9.17) is 4.74 Å². The van der Waals surface area contributed by atoms with Crippen molar-refractivity contribution in [3.05, 3.63) is 71.8 Å². The van der Waals surface area contributed by atoms with E-state index in [1.165, 1.54) is 6.21 Å². The quantitative estimate of drug-likeness (QED) is 0.466. The second kappa shape index (κ2) is 8.53. The lowest BCUT2D eigenvalue weighted by Crippen LogP contribution is -2.17. The van der Waals surface area contributed by atoms with E-state index in [9.17, 15) is 9.90 Å². The number of carbonyl (C=O) groups excluding carboxylic acids is 1. The zero-order valence-corrected chi connectivity index (χ0v) is 13.5. The number of hydrogen-bond donors (Lipinski definition) is 2. The normalized spacial score (nSPS) is 10.5. The molecule has 0 saturated heterocycles. The first-order valence-electron chi connectivity index (χ1n) is 7.63. The van der Waals surface area contributed by atoms with Crippen molar-refractivity contribution in [2.24, 2.45) is 5.10 Å². The average molecular weight is 324 g/mol. The third-order valence-corrected chi connectivity index (χ3v) is 3.26. The molecule has 2 N–H and O–H groups in total. The van der Waals surface area contributed by atoms with Gasteiger partial charge in [0.25, 0.3) is 5.91 Å². The van der Waals surface area contributed by atoms with E-state index in [1.807, 2.05) is 13.0 Å². The smallest absolute Gasteiger partial charge is 0.271 e. The highest BCUT2D eigenvalue weighted by Gasteiger charge is 2.09. The van der Waals surface area contributed by atoms with Crippen LogP contribution in [0.2, 0.25) is 0 Å². The standard InChI is InChI=1S/C19H20N2O3/c1-3-8-16-11-14(12-17(18(16)22)24-4-2)13-20-21-19(23)15-9-6-5-7-10-15/h3,5-7,9-13,22H,1,4,8H2,2H3,(H,21,23)/b20-13-. The van der Waals surface area contributed by atoms with Gasteiger partial charge < -0.3 is 9.84 Å². The maximum absolute atomic E-state index is 11.9. The number of benzene rings is 2. The van der Waals surface area contributed by atoms with Crippen LogP contribution in [0.1, 0.15) is 28.4 Å². The lowest BCUT2D eigenvalue weighted by Gasteiger charge is -2.10. The molecule has 0 bridgehead atoms. The van der Waals surface area contributed by atoms with Crippen LogP contribution in [0, 0.1) is 0 Å². The molecule has 0 unspecified atom stereocenters. The van der Waals surface area contributed by atoms with Gasteiger partial charge in [0.2, 0.25) is 0 Å². The predicted molar refractivity (Wildman–Crippen MR) is 94.7 cm³/mol. The summed E-state index contributed by atoms with van der Waals surface area (Å²) in [6, 6.07) is 12.3. The first-order valence-corrected chi connectivity index (χ1v) is 7.63. The summed E-state index contributed by atoms with van der Waals surface area (Å²) in [5, 5.41) is 14.1. The Balaban J connectivity index is 2.16. The van der Waals surface area contributed by atoms with Crippen LogP contribution in [-0.2, 0) is 6.42 Å². The largest absolute Gasteiger partial charge is 0.504 e. The summed E-state index contributed by atoms with van der Waals surface area (Å²) < 4.78 is 5.43. The molecule has 1 amide bonds. The number of hydrazone groups is 1. The SMILES string of the molecule is C=CCc1cc(/C=N\NC(=O)c2ccccc2)cc(OCC)c1O. The zero-order valence-electron chi connectivity index (χ0n) is 13.5. The van der Waals surface area contributed by atoms with Crippen molar-refractivity contribution in [2.75, 3.05) is 6.61 Å². The molecular weight excluding hydrogens is 304 g/mol. The third-order valence-electron chi connectivity index (χ3n) is 3.26. The van der Waals surface area contributed by atoms with Crippen molar-refractivity contribution in [3.8, 4) is 11.5 Å². The summed E-state index contributed by atoms with van der Waals surface area (Å²) in [4.78, 5) is 11.9. The number of phenolic OH excluding ortho intramolecular Hbond substituents is 1. The van der Waals surface area contributed by atoms with Crippen molar-refractivity contribution in [1.29, 1.82) is 0 Å². The highest BCUT2D eigenvalue weighted by molar-refractivity contribution is 5.94. The Hall–Kier alpha value is -3.08. The first-order chi connectivity index (χ1) is 11.7. The highest BCUT2D eigenvalue weighted by Crippen LogP contribution is 2.31. The van der Waals surface area contributed by atoms with Crippen molar-refractivity contribution in [2.45, 2.75) is 13.3 Å². The predicted octanol–water partition coefficient (Wildman–Crippen LogP) is 3.28. The number of nitrogens with zero attached hydrogens (tertiary/aromatic N) is 1. The Labute approximate surface area is 141 Å². The fourth-order valence-corrected chi connectivity index (χ4v) is 2.16. The van der Waals surface area contributed by atoms with Crippen LogP contribution in [-0.4, -0.2) is 23.8 Å². The van der Waals surface area contributed by atoms with Crippen LogP contribution >= 0.6 is 0 Å². The summed E-state index contributed by atoms with van der Waals surface area (Å²) in [7, 11) is 0. The minimum atomic E-state index is -0.290. The van der Waals surface area contributed by atoms with Gasteiger partial charge in [0, 0.05) is 11.1 Å². The van der Waals surface area contributed by atoms with Crippen molar-refractivity contribution >= 4 is 12.1 Å². The molecule has 0 spiro atoms. The number of ether oxygens (including phenoxy) is 1. The molecule has 24 heavy (non-hydrogen) atoms. The van der Waals surface area contributed by atoms with Gasteiger partial charge in [-0.2, -0.15) is 5.10 Å². The maximum atomic E-state index is 11.9. The molecule has 2 aromatic rings. The Morgan fingerprint density at radius 3 is 2.75 bits per heavy atom. The summed E-state index contributed by atoms with van der Waals surface area (Å²) >= 11 is 0. The van der Waals surface area contributed by atoms with E-state index >= 15 is 0 Å². The van der Waals surface area contributed by atoms with Crippen molar-refractivity contribution in [1.82, 2.24) is 5.43 Å². The molecule has 5 nitrogen and oxygen atoms in total. The summed E-state index contributed by atoms with van der Waals surface area (Å²) in [5.41, 5.74) is 4.40. The second-order valence-electron chi connectivity index (χ2n) is 5.02. The van der Waals surface area contributed by atoms with Crippen LogP contribution in [0.5, 0.6) is 11.5 Å². The van der Waals surface area contributed by atoms with Gasteiger partial charge in [-0.05, 0) is 43.2 Å². The monoisotopic (exact) mass is 324 g/mol. The third kappa shape index (κ3) is 4.46. The Bertz CT molecular complexity index is 740. The fraction of sp³-hybridized carbons (Fsp3) is 0.158. The molecule has 0 aliphatic heterocycles. The number of phenols is 1. The fourth-order valence-electron chi connectivity index (χ4n) is 2.16. The number of aromatic hydroxyl groups is 1. The topological polar surface area (TPSA) is 70.9 Å². The van der Waals surface area contributed by atoms with E-state index in [1.54, 1.807) is 42.5 Å². The molecule has 0 fully saturated rings. The number of allylic oxidation sites excluding steroid dienone is 1. The molecular formula is C19H20N2O3. The van der Waals surface area contributed by atoms with Crippen LogP contribution in [0.25, 0.3) is 0 Å². The van der Waals surface area contributed by atoms with Gasteiger partial charge in [0.15, 0.2) is 11.5 Å². The number of carbonyl (C=O) groups is 1. The highest BCUT2D eigenvalue weighted by atomic mass is 16.5. The van der Waals surface area contributed by atoms with Gasteiger partial charge in [-0.25, -0.2) is 5.43 Å². The molecule has 0 radical (unpaired) electrons. The molecule has 5 heteroatoms. The van der Waals surface area contributed by atoms with Gasteiger partial charge >= 0.3 is 0 Å². The summed E-state index contributed by atoms with van der Waals surface area (Å²) in [6.45, 7) is 5.96. The molecule has 2 aromatic carbocycles. The van der Waals surface area contributed by atoms with Crippen LogP contribution in [0.3, 0.4) is 0 Å². The molecule has 0 aliphatic carbocycles. The maximum Gasteiger partial charge on any atom is 0.271 e. The molecule has 0 heterocycles. The van der Waals surface area contributed by atoms with E-state index in [0.717, 1.165) is 0 Å². The van der Waals surface area contributed by atoms with E-state index < -0.39 is 0 Å². The van der Waals surface area contributed by atoms with Gasteiger partial charge in [-0.3, -0.25) is 4.79 Å². The number of nitrogens with one attached hydrogen (secondary N) is 1. The van der Waals surface area contributed by atoms with Gasteiger partial charge in [0.1, 0.15) is 0 Å². The molecule has 2 rings (SSSR count). The number of hydrogen-bond acceptors (Lipinski definition) is 4. The molecule has 124 valence electrons. The Morgan fingerprint density at radius 2 is 2.08 bits per heavy atom. The minimum absolute atomic E-state index is 0.0993. The van der Waals surface area contributed by atoms with Crippen molar-refractivity contribution in [3.63, 3.8) is 0 Å². The van der Waals surface area contributed by atoms with E-state index in [2.05, 4.69) is 17.1 Å². The molecule has 0 atom stereocenters. The average Bonchev–Trinajstić information content (AvgIpc) is 2.60. The molecule has 0 aromatic heterocycles. The van der Waals surface area contributed by atoms with Gasteiger partial charge in [0.05, 0.1) is 12.8 Å². The van der Waals surface area contributed by atoms with Crippen LogP contribution < -0.4 is 10.2 Å². The lowest BCUT2D eigenvalue weighted by molar-refractivity contribution is 0.0955. The Kier molecular flexibility index (Phi) is 6.14. The molecule has 0 saturated carbocycles. The van der Waals surface area contributed by atoms with Gasteiger partial charge in [-0.15, -0.1) is 6.58 Å². The number of amides is 1. The molecule has 0 aliphatic rings. The minimum Gasteiger partial charge on any atom is -0.504 e. The van der Waals surface area contributed by atoms with Gasteiger partial charge in [-0.1, -0.05) is 24.3 Å². The van der Waals surface area contributed by atoms with E-state index in [-0.39, 0.29) is 11.7 Å². The summed E-state index contributed by atoms with van der Waals surface area (Å²) in [6.07, 6.45) is 3.71. The first kappa shape index (κ1) is 17.3. The zero-order chi connectivity index (χ0) is 17.4. The van der Waals surface area contributed by atoms with E-state index in [0.29, 0.717) is 35.5 Å². The lowest BCUT2D eigenvalue weighted by atomic mass is 10.1. The second-order valence-corrected chi connectivity index (χ2v) is 5.02. The van der Waals surface area contributed by atoms with Crippen LogP contribution in [0.4, 0.5) is 0 Å². The number of rotatable bonds is 7. The van der Waals surface area contributed by atoms with Crippen molar-refractivity contribution < 1.29 is 14.6 Å². The van der Waals surface area contributed by atoms with Crippen LogP contribution in [0.15, 0.2) is 60.2 Å². The summed E-state index contributed by atoms with van der Waals surface area (Å²) in [5.74, 6) is 0.192. The Morgan fingerprint density at radius 1 is 1.33 bits per heavy atom.